The highest BCUT2D eigenvalue weighted by Crippen LogP contribution is 2.05. The van der Waals surface area contributed by atoms with Crippen molar-refractivity contribution in [3.63, 3.8) is 0 Å². The first-order valence-electron chi connectivity index (χ1n) is 7.86. The van der Waals surface area contributed by atoms with Gasteiger partial charge in [-0.15, -0.1) is 0 Å². The molecule has 8 heteroatoms. The van der Waals surface area contributed by atoms with Crippen molar-refractivity contribution in [2.75, 3.05) is 0 Å². The number of carboxylic acid groups (broad SMARTS) is 2. The van der Waals surface area contributed by atoms with Gasteiger partial charge < -0.3 is 20.8 Å². The Hall–Kier alpha value is -2.12. The van der Waals surface area contributed by atoms with Crippen LogP contribution in [0.3, 0.4) is 0 Å². The van der Waals surface area contributed by atoms with E-state index in [1.807, 2.05) is 27.7 Å². The van der Waals surface area contributed by atoms with Crippen LogP contribution in [0.25, 0.3) is 0 Å². The Labute approximate surface area is 143 Å². The molecule has 0 saturated carbocycles. The van der Waals surface area contributed by atoms with Crippen LogP contribution in [0.4, 0.5) is 0 Å². The van der Waals surface area contributed by atoms with Crippen molar-refractivity contribution < 1.29 is 29.4 Å². The molecular weight excluding hydrogens is 316 g/mol. The van der Waals surface area contributed by atoms with Crippen molar-refractivity contribution >= 4 is 23.8 Å². The Balaban J connectivity index is 0. The van der Waals surface area contributed by atoms with E-state index in [1.165, 1.54) is 13.8 Å². The van der Waals surface area contributed by atoms with Gasteiger partial charge in [0.2, 0.25) is 11.8 Å². The van der Waals surface area contributed by atoms with E-state index < -0.39 is 24.0 Å². The minimum atomic E-state index is -0.973. The van der Waals surface area contributed by atoms with Gasteiger partial charge in [0.1, 0.15) is 12.1 Å². The number of hydrogen-bond donors (Lipinski definition) is 4. The zero-order valence-corrected chi connectivity index (χ0v) is 15.3. The molecular formula is C16H30N2O6. The molecule has 0 aliphatic carbocycles. The maximum atomic E-state index is 10.6. The van der Waals surface area contributed by atoms with Gasteiger partial charge in [0, 0.05) is 13.8 Å². The van der Waals surface area contributed by atoms with Crippen LogP contribution in [0.1, 0.15) is 54.4 Å². The molecule has 24 heavy (non-hydrogen) atoms. The number of amides is 2. The lowest BCUT2D eigenvalue weighted by molar-refractivity contribution is -0.142. The fourth-order valence-electron chi connectivity index (χ4n) is 1.88. The zero-order valence-electron chi connectivity index (χ0n) is 15.3. The number of rotatable bonds is 8. The van der Waals surface area contributed by atoms with Gasteiger partial charge in [-0.2, -0.15) is 0 Å². The zero-order chi connectivity index (χ0) is 19.4. The highest BCUT2D eigenvalue weighted by Gasteiger charge is 2.19. The number of nitrogens with one attached hydrogen (secondary N) is 2. The van der Waals surface area contributed by atoms with E-state index in [9.17, 15) is 19.2 Å². The van der Waals surface area contributed by atoms with Gasteiger partial charge in [-0.05, 0) is 24.7 Å². The Morgan fingerprint density at radius 3 is 1.08 bits per heavy atom. The molecule has 0 aromatic heterocycles. The highest BCUT2D eigenvalue weighted by molar-refractivity contribution is 5.82. The molecule has 0 aliphatic heterocycles. The van der Waals surface area contributed by atoms with Crippen LogP contribution < -0.4 is 10.6 Å². The molecule has 0 unspecified atom stereocenters. The van der Waals surface area contributed by atoms with E-state index >= 15 is 0 Å². The van der Waals surface area contributed by atoms with E-state index in [4.69, 9.17) is 10.2 Å². The fourth-order valence-corrected chi connectivity index (χ4v) is 1.88. The number of carbonyl (C=O) groups excluding carboxylic acids is 2. The second-order valence-electron chi connectivity index (χ2n) is 6.44. The summed E-state index contributed by atoms with van der Waals surface area (Å²) in [6.07, 6.45) is 0.934. The van der Waals surface area contributed by atoms with Gasteiger partial charge in [0.25, 0.3) is 0 Å². The van der Waals surface area contributed by atoms with Crippen LogP contribution in [0, 0.1) is 11.8 Å². The number of carbonyl (C=O) groups is 4. The lowest BCUT2D eigenvalue weighted by Gasteiger charge is -2.14. The van der Waals surface area contributed by atoms with Gasteiger partial charge in [-0.25, -0.2) is 9.59 Å². The Bertz CT molecular complexity index is 394. The lowest BCUT2D eigenvalue weighted by Crippen LogP contribution is -2.40. The predicted octanol–water partition coefficient (Wildman–Crippen LogP) is 1.24. The molecule has 0 aliphatic rings. The highest BCUT2D eigenvalue weighted by atomic mass is 16.4. The third-order valence-electron chi connectivity index (χ3n) is 2.77. The van der Waals surface area contributed by atoms with Crippen molar-refractivity contribution in [2.24, 2.45) is 11.8 Å². The molecule has 0 bridgehead atoms. The molecule has 0 radical (unpaired) electrons. The van der Waals surface area contributed by atoms with Crippen molar-refractivity contribution in [3.8, 4) is 0 Å². The second kappa shape index (κ2) is 12.3. The molecule has 140 valence electrons. The number of hydrogen-bond acceptors (Lipinski definition) is 4. The predicted molar refractivity (Wildman–Crippen MR) is 89.4 cm³/mol. The minimum Gasteiger partial charge on any atom is -0.480 e. The van der Waals surface area contributed by atoms with Gasteiger partial charge in [-0.3, -0.25) is 9.59 Å². The summed E-state index contributed by atoms with van der Waals surface area (Å²) in [7, 11) is 0. The van der Waals surface area contributed by atoms with Crippen LogP contribution >= 0.6 is 0 Å². The smallest absolute Gasteiger partial charge is 0.326 e. The minimum absolute atomic E-state index is 0.262. The average molecular weight is 346 g/mol. The van der Waals surface area contributed by atoms with Gasteiger partial charge in [0.15, 0.2) is 0 Å². The van der Waals surface area contributed by atoms with E-state index in [2.05, 4.69) is 10.6 Å². The summed E-state index contributed by atoms with van der Waals surface area (Å²) in [5, 5.41) is 22.1. The van der Waals surface area contributed by atoms with Crippen LogP contribution in [0.5, 0.6) is 0 Å². The Morgan fingerprint density at radius 1 is 0.708 bits per heavy atom. The van der Waals surface area contributed by atoms with Gasteiger partial charge in [0.05, 0.1) is 0 Å². The van der Waals surface area contributed by atoms with Gasteiger partial charge in [-0.1, -0.05) is 27.7 Å². The van der Waals surface area contributed by atoms with Crippen molar-refractivity contribution in [1.29, 1.82) is 0 Å². The van der Waals surface area contributed by atoms with E-state index in [0.29, 0.717) is 12.8 Å². The molecule has 2 amide bonds. The summed E-state index contributed by atoms with van der Waals surface area (Å²) in [4.78, 5) is 42.2. The molecule has 0 aromatic carbocycles. The lowest BCUT2D eigenvalue weighted by atomic mass is 10.0. The summed E-state index contributed by atoms with van der Waals surface area (Å²) < 4.78 is 0. The van der Waals surface area contributed by atoms with Crippen LogP contribution in [0.15, 0.2) is 0 Å². The molecule has 0 aromatic rings. The largest absolute Gasteiger partial charge is 0.480 e. The molecule has 4 N–H and O–H groups in total. The molecule has 0 heterocycles. The summed E-state index contributed by atoms with van der Waals surface area (Å²) in [6.45, 7) is 10.3. The Kier molecular flexibility index (Phi) is 12.4. The normalized spacial score (nSPS) is 12.7. The molecule has 0 rings (SSSR count). The SMILES string of the molecule is CC(=O)N[C@@H](CC(C)C)C(=O)O.CC(=O)N[C@@H](CC(C)C)C(=O)O. The number of aliphatic carboxylic acids is 2. The van der Waals surface area contributed by atoms with E-state index in [-0.39, 0.29) is 23.7 Å². The first-order chi connectivity index (χ1) is 10.9. The molecule has 0 spiro atoms. The molecule has 8 nitrogen and oxygen atoms in total. The summed E-state index contributed by atoms with van der Waals surface area (Å²) in [5.41, 5.74) is 0. The summed E-state index contributed by atoms with van der Waals surface area (Å²) in [5.74, 6) is -2.03. The van der Waals surface area contributed by atoms with Crippen LogP contribution in [0.2, 0.25) is 0 Å². The summed E-state index contributed by atoms with van der Waals surface area (Å²) in [6, 6.07) is -1.50. The Morgan fingerprint density at radius 2 is 0.958 bits per heavy atom. The quantitative estimate of drug-likeness (QED) is 0.523. The van der Waals surface area contributed by atoms with Crippen molar-refractivity contribution in [3.05, 3.63) is 0 Å². The molecule has 0 saturated heterocycles. The fraction of sp³-hybridized carbons (Fsp3) is 0.750. The topological polar surface area (TPSA) is 133 Å². The average Bonchev–Trinajstić information content (AvgIpc) is 2.35. The molecule has 0 fully saturated rings. The van der Waals surface area contributed by atoms with Gasteiger partial charge >= 0.3 is 11.9 Å². The van der Waals surface area contributed by atoms with Crippen LogP contribution in [-0.4, -0.2) is 46.0 Å². The van der Waals surface area contributed by atoms with E-state index in [0.717, 1.165) is 0 Å². The first-order valence-corrected chi connectivity index (χ1v) is 7.86. The molecule has 2 atom stereocenters. The van der Waals surface area contributed by atoms with Crippen LogP contribution in [-0.2, 0) is 19.2 Å². The maximum Gasteiger partial charge on any atom is 0.326 e. The number of carboxylic acids is 2. The summed E-state index contributed by atoms with van der Waals surface area (Å²) >= 11 is 0. The van der Waals surface area contributed by atoms with E-state index in [1.54, 1.807) is 0 Å². The third kappa shape index (κ3) is 14.8. The standard InChI is InChI=1S/2C8H15NO3/c2*1-5(2)4-7(8(11)12)9-6(3)10/h2*5,7H,4H2,1-3H3,(H,9,10)(H,11,12)/t2*7-/m00/s1. The van der Waals surface area contributed by atoms with Crippen molar-refractivity contribution in [2.45, 2.75) is 66.5 Å². The second-order valence-corrected chi connectivity index (χ2v) is 6.44. The van der Waals surface area contributed by atoms with Crippen molar-refractivity contribution in [1.82, 2.24) is 10.6 Å². The maximum absolute atomic E-state index is 10.6. The first kappa shape index (κ1) is 24.1. The third-order valence-corrected chi connectivity index (χ3v) is 2.77. The monoisotopic (exact) mass is 346 g/mol.